The summed E-state index contributed by atoms with van der Waals surface area (Å²) in [4.78, 5) is 34.8. The van der Waals surface area contributed by atoms with Crippen LogP contribution in [0.4, 0.5) is 11.4 Å². The molecule has 0 aliphatic carbocycles. The molecule has 0 saturated carbocycles. The van der Waals surface area contributed by atoms with Crippen LogP contribution in [0, 0.1) is 10.1 Å². The molecule has 0 saturated heterocycles. The maximum atomic E-state index is 12.5. The second-order valence-electron chi connectivity index (χ2n) is 6.35. The minimum Gasteiger partial charge on any atom is -0.326 e. The van der Waals surface area contributed by atoms with Gasteiger partial charge >= 0.3 is 0 Å². The molecular formula is C21H18N4O4. The number of rotatable bonds is 6. The number of hydrazone groups is 1. The van der Waals surface area contributed by atoms with Crippen molar-refractivity contribution in [3.8, 4) is 0 Å². The Morgan fingerprint density at radius 1 is 1.03 bits per heavy atom. The molecule has 3 rings (SSSR count). The third-order valence-corrected chi connectivity index (χ3v) is 4.14. The van der Waals surface area contributed by atoms with E-state index in [1.807, 2.05) is 30.3 Å². The summed E-state index contributed by atoms with van der Waals surface area (Å²) < 4.78 is 0. The summed E-state index contributed by atoms with van der Waals surface area (Å²) >= 11 is 0. The molecule has 3 aromatic rings. The van der Waals surface area contributed by atoms with Crippen LogP contribution in [0.3, 0.4) is 0 Å². The summed E-state index contributed by atoms with van der Waals surface area (Å²) in [5.41, 5.74) is 3.54. The molecule has 0 aliphatic heterocycles. The van der Waals surface area contributed by atoms with E-state index < -0.39 is 10.8 Å². The average Bonchev–Trinajstić information content (AvgIpc) is 2.71. The number of nitrogens with one attached hydrogen (secondary N) is 2. The standard InChI is InChI=1S/C21H18N4O4/c1-14(12-20(26)22-16-8-5-9-17(13-16)25(28)29)23-24-21(27)19-11-4-7-15-6-2-3-10-18(15)19/h2-11,13H,12H2,1H3,(H,22,26)(H,24,27). The number of amides is 2. The zero-order valence-electron chi connectivity index (χ0n) is 15.6. The molecule has 8 heteroatoms. The lowest BCUT2D eigenvalue weighted by molar-refractivity contribution is -0.384. The van der Waals surface area contributed by atoms with Gasteiger partial charge in [0.05, 0.1) is 11.3 Å². The largest absolute Gasteiger partial charge is 0.326 e. The minimum atomic E-state index is -0.537. The molecule has 2 amide bonds. The van der Waals surface area contributed by atoms with Crippen molar-refractivity contribution in [3.63, 3.8) is 0 Å². The Hall–Kier alpha value is -4.07. The monoisotopic (exact) mass is 390 g/mol. The lowest BCUT2D eigenvalue weighted by atomic mass is 10.0. The molecule has 0 aliphatic rings. The van der Waals surface area contributed by atoms with Gasteiger partial charge < -0.3 is 5.32 Å². The van der Waals surface area contributed by atoms with Crippen molar-refractivity contribution in [2.24, 2.45) is 5.10 Å². The molecule has 0 spiro atoms. The Kier molecular flexibility index (Phi) is 5.94. The first kappa shape index (κ1) is 19.7. The lowest BCUT2D eigenvalue weighted by Crippen LogP contribution is -2.21. The molecule has 0 radical (unpaired) electrons. The number of nitrogens with zero attached hydrogens (tertiary/aromatic N) is 2. The van der Waals surface area contributed by atoms with Gasteiger partial charge in [0, 0.05) is 29.1 Å². The summed E-state index contributed by atoms with van der Waals surface area (Å²) in [7, 11) is 0. The van der Waals surface area contributed by atoms with E-state index >= 15 is 0 Å². The Balaban J connectivity index is 1.62. The van der Waals surface area contributed by atoms with Crippen LogP contribution in [-0.4, -0.2) is 22.4 Å². The SMILES string of the molecule is CC(CC(=O)Nc1cccc([N+](=O)[O-])c1)=NNC(=O)c1cccc2ccccc12. The zero-order valence-corrected chi connectivity index (χ0v) is 15.6. The average molecular weight is 390 g/mol. The van der Waals surface area contributed by atoms with E-state index in [0.29, 0.717) is 17.0 Å². The normalized spacial score (nSPS) is 11.1. The van der Waals surface area contributed by atoms with Gasteiger partial charge in [-0.15, -0.1) is 0 Å². The molecule has 146 valence electrons. The predicted octanol–water partition coefficient (Wildman–Crippen LogP) is 3.88. The Labute approximate surface area is 166 Å². The van der Waals surface area contributed by atoms with Crippen LogP contribution in [0.25, 0.3) is 10.8 Å². The second-order valence-corrected chi connectivity index (χ2v) is 6.35. The highest BCUT2D eigenvalue weighted by Gasteiger charge is 2.11. The van der Waals surface area contributed by atoms with Crippen LogP contribution >= 0.6 is 0 Å². The second kappa shape index (κ2) is 8.75. The third kappa shape index (κ3) is 5.01. The van der Waals surface area contributed by atoms with Crippen LogP contribution in [0.2, 0.25) is 0 Å². The molecule has 0 fully saturated rings. The highest BCUT2D eigenvalue weighted by molar-refractivity contribution is 6.08. The van der Waals surface area contributed by atoms with Gasteiger partial charge in [0.15, 0.2) is 0 Å². The molecule has 2 N–H and O–H groups in total. The summed E-state index contributed by atoms with van der Waals surface area (Å²) in [6.45, 7) is 1.61. The Bertz CT molecular complexity index is 1120. The number of hydrogen-bond donors (Lipinski definition) is 2. The van der Waals surface area contributed by atoms with Crippen molar-refractivity contribution in [1.82, 2.24) is 5.43 Å². The van der Waals surface area contributed by atoms with E-state index in [1.54, 1.807) is 25.1 Å². The zero-order chi connectivity index (χ0) is 20.8. The molecule has 0 unspecified atom stereocenters. The van der Waals surface area contributed by atoms with E-state index in [4.69, 9.17) is 0 Å². The van der Waals surface area contributed by atoms with Gasteiger partial charge in [-0.2, -0.15) is 5.10 Å². The third-order valence-electron chi connectivity index (χ3n) is 4.14. The summed E-state index contributed by atoms with van der Waals surface area (Å²) in [6, 6.07) is 18.6. The van der Waals surface area contributed by atoms with Crippen molar-refractivity contribution in [2.45, 2.75) is 13.3 Å². The van der Waals surface area contributed by atoms with Gasteiger partial charge in [-0.3, -0.25) is 19.7 Å². The number of non-ortho nitro benzene ring substituents is 1. The molecule has 0 heterocycles. The molecule has 0 aromatic heterocycles. The quantitative estimate of drug-likeness (QED) is 0.378. The van der Waals surface area contributed by atoms with E-state index in [-0.39, 0.29) is 18.0 Å². The van der Waals surface area contributed by atoms with Crippen molar-refractivity contribution in [2.75, 3.05) is 5.32 Å². The first-order chi connectivity index (χ1) is 13.9. The number of carbonyl (C=O) groups excluding carboxylic acids is 2. The van der Waals surface area contributed by atoms with Crippen molar-refractivity contribution < 1.29 is 14.5 Å². The highest BCUT2D eigenvalue weighted by Crippen LogP contribution is 2.19. The van der Waals surface area contributed by atoms with Crippen LogP contribution in [0.5, 0.6) is 0 Å². The van der Waals surface area contributed by atoms with Gasteiger partial charge in [-0.25, -0.2) is 5.43 Å². The maximum absolute atomic E-state index is 12.5. The highest BCUT2D eigenvalue weighted by atomic mass is 16.6. The molecule has 29 heavy (non-hydrogen) atoms. The fraction of sp³-hybridized carbons (Fsp3) is 0.0952. The minimum absolute atomic E-state index is 0.0709. The first-order valence-electron chi connectivity index (χ1n) is 8.79. The van der Waals surface area contributed by atoms with Crippen LogP contribution in [0.1, 0.15) is 23.7 Å². The predicted molar refractivity (Wildman–Crippen MR) is 111 cm³/mol. The smallest absolute Gasteiger partial charge is 0.271 e. The number of anilines is 1. The number of nitro groups is 1. The number of nitro benzene ring substituents is 1. The molecule has 0 atom stereocenters. The van der Waals surface area contributed by atoms with Gasteiger partial charge in [0.1, 0.15) is 0 Å². The van der Waals surface area contributed by atoms with E-state index in [2.05, 4.69) is 15.8 Å². The van der Waals surface area contributed by atoms with E-state index in [1.165, 1.54) is 18.2 Å². The van der Waals surface area contributed by atoms with E-state index in [0.717, 1.165) is 10.8 Å². The Morgan fingerprint density at radius 3 is 2.55 bits per heavy atom. The topological polar surface area (TPSA) is 114 Å². The van der Waals surface area contributed by atoms with Gasteiger partial charge in [0.2, 0.25) is 5.91 Å². The molecule has 0 bridgehead atoms. The van der Waals surface area contributed by atoms with Crippen molar-refractivity contribution >= 4 is 39.7 Å². The summed E-state index contributed by atoms with van der Waals surface area (Å²) in [6.07, 6.45) is -0.0709. The fourth-order valence-electron chi connectivity index (χ4n) is 2.80. The fourth-order valence-corrected chi connectivity index (χ4v) is 2.80. The van der Waals surface area contributed by atoms with Gasteiger partial charge in [0.25, 0.3) is 11.6 Å². The number of carbonyl (C=O) groups is 2. The molecule has 3 aromatic carbocycles. The molecule has 8 nitrogen and oxygen atoms in total. The first-order valence-corrected chi connectivity index (χ1v) is 8.79. The van der Waals surface area contributed by atoms with E-state index in [9.17, 15) is 19.7 Å². The van der Waals surface area contributed by atoms with Crippen LogP contribution in [-0.2, 0) is 4.79 Å². The van der Waals surface area contributed by atoms with Gasteiger partial charge in [-0.05, 0) is 29.8 Å². The van der Waals surface area contributed by atoms with Crippen LogP contribution < -0.4 is 10.7 Å². The number of benzene rings is 3. The van der Waals surface area contributed by atoms with Gasteiger partial charge in [-0.1, -0.05) is 42.5 Å². The summed E-state index contributed by atoms with van der Waals surface area (Å²) in [5.74, 6) is -0.772. The summed E-state index contributed by atoms with van der Waals surface area (Å²) in [5, 5.41) is 19.1. The number of fused-ring (bicyclic) bond motifs is 1. The molecular weight excluding hydrogens is 372 g/mol. The Morgan fingerprint density at radius 2 is 1.76 bits per heavy atom. The number of hydrogen-bond acceptors (Lipinski definition) is 5. The lowest BCUT2D eigenvalue weighted by Gasteiger charge is -2.07. The maximum Gasteiger partial charge on any atom is 0.271 e. The van der Waals surface area contributed by atoms with Crippen molar-refractivity contribution in [1.29, 1.82) is 0 Å². The van der Waals surface area contributed by atoms with Crippen molar-refractivity contribution in [3.05, 3.63) is 82.4 Å². The van der Waals surface area contributed by atoms with Crippen LogP contribution in [0.15, 0.2) is 71.8 Å².